The first kappa shape index (κ1) is 16.1. The second-order valence-electron chi connectivity index (χ2n) is 5.46. The first-order chi connectivity index (χ1) is 10.0. The minimum Gasteiger partial charge on any atom is -0.344 e. The monoisotopic (exact) mass is 346 g/mol. The molecule has 2 nitrogen and oxygen atoms in total. The van der Waals surface area contributed by atoms with E-state index in [0.29, 0.717) is 0 Å². The number of nitrogens with zero attached hydrogens (tertiary/aromatic N) is 1. The maximum Gasteiger partial charge on any atom is 0.0465 e. The summed E-state index contributed by atoms with van der Waals surface area (Å²) in [6.45, 7) is 8.28. The maximum absolute atomic E-state index is 3.59. The van der Waals surface area contributed by atoms with Gasteiger partial charge in [-0.15, -0.1) is 0 Å². The minimum atomic E-state index is 0.883. The highest BCUT2D eigenvalue weighted by Gasteiger charge is 2.10. The summed E-state index contributed by atoms with van der Waals surface area (Å²) >= 11 is 3.59. The van der Waals surface area contributed by atoms with E-state index >= 15 is 0 Å². The lowest BCUT2D eigenvalue weighted by atomic mass is 10.1. The molecule has 0 amide bonds. The molecular formula is C18H23BrN2. The number of hydrogen-bond donors (Lipinski definition) is 1. The second kappa shape index (κ2) is 7.10. The first-order valence-corrected chi connectivity index (χ1v) is 8.11. The molecule has 0 saturated heterocycles. The summed E-state index contributed by atoms with van der Waals surface area (Å²) in [5.74, 6) is 0. The van der Waals surface area contributed by atoms with E-state index < -0.39 is 0 Å². The summed E-state index contributed by atoms with van der Waals surface area (Å²) in [5, 5.41) is 3.41. The fourth-order valence-corrected chi connectivity index (χ4v) is 2.89. The molecule has 0 aliphatic carbocycles. The SMILES string of the molecule is CCNCc1ccc(Br)cc1N(C)c1cc(C)cc(C)c1. The van der Waals surface area contributed by atoms with Crippen LogP contribution >= 0.6 is 15.9 Å². The van der Waals surface area contributed by atoms with Crippen molar-refractivity contribution in [3.63, 3.8) is 0 Å². The summed E-state index contributed by atoms with van der Waals surface area (Å²) in [6.07, 6.45) is 0. The molecule has 0 radical (unpaired) electrons. The van der Waals surface area contributed by atoms with Gasteiger partial charge in [0.2, 0.25) is 0 Å². The lowest BCUT2D eigenvalue weighted by Crippen LogP contribution is -2.17. The molecule has 112 valence electrons. The lowest BCUT2D eigenvalue weighted by molar-refractivity contribution is 0.726. The van der Waals surface area contributed by atoms with Gasteiger partial charge in [0, 0.05) is 29.4 Å². The van der Waals surface area contributed by atoms with Crippen LogP contribution in [0.1, 0.15) is 23.6 Å². The summed E-state index contributed by atoms with van der Waals surface area (Å²) in [4.78, 5) is 2.26. The Bertz CT molecular complexity index is 602. The van der Waals surface area contributed by atoms with Gasteiger partial charge in [0.1, 0.15) is 0 Å². The number of nitrogens with one attached hydrogen (secondary N) is 1. The van der Waals surface area contributed by atoms with E-state index in [1.807, 2.05) is 0 Å². The second-order valence-corrected chi connectivity index (χ2v) is 6.37. The Labute approximate surface area is 136 Å². The summed E-state index contributed by atoms with van der Waals surface area (Å²) < 4.78 is 1.11. The van der Waals surface area contributed by atoms with Crippen molar-refractivity contribution < 1.29 is 0 Å². The largest absolute Gasteiger partial charge is 0.344 e. The Morgan fingerprint density at radius 1 is 1.05 bits per heavy atom. The molecule has 1 N–H and O–H groups in total. The van der Waals surface area contributed by atoms with Crippen LogP contribution in [-0.2, 0) is 6.54 Å². The van der Waals surface area contributed by atoms with Crippen LogP contribution in [0.5, 0.6) is 0 Å². The lowest BCUT2D eigenvalue weighted by Gasteiger charge is -2.24. The van der Waals surface area contributed by atoms with Crippen LogP contribution < -0.4 is 10.2 Å². The third kappa shape index (κ3) is 4.08. The van der Waals surface area contributed by atoms with Crippen molar-refractivity contribution in [2.45, 2.75) is 27.3 Å². The Morgan fingerprint density at radius 2 is 1.71 bits per heavy atom. The molecule has 0 saturated carbocycles. The van der Waals surface area contributed by atoms with Gasteiger partial charge < -0.3 is 10.2 Å². The van der Waals surface area contributed by atoms with Crippen molar-refractivity contribution in [3.8, 4) is 0 Å². The third-order valence-corrected chi connectivity index (χ3v) is 4.06. The van der Waals surface area contributed by atoms with E-state index in [2.05, 4.69) is 90.4 Å². The molecule has 21 heavy (non-hydrogen) atoms. The predicted molar refractivity (Wildman–Crippen MR) is 95.5 cm³/mol. The zero-order chi connectivity index (χ0) is 15.4. The van der Waals surface area contributed by atoms with Crippen LogP contribution in [0.3, 0.4) is 0 Å². The molecule has 2 rings (SSSR count). The van der Waals surface area contributed by atoms with Crippen molar-refractivity contribution in [1.82, 2.24) is 5.32 Å². The van der Waals surface area contributed by atoms with Crippen molar-refractivity contribution in [1.29, 1.82) is 0 Å². The number of anilines is 2. The molecule has 0 unspecified atom stereocenters. The molecule has 0 aliphatic heterocycles. The summed E-state index contributed by atoms with van der Waals surface area (Å²) in [6, 6.07) is 13.1. The van der Waals surface area contributed by atoms with Crippen LogP contribution in [0.25, 0.3) is 0 Å². The fraction of sp³-hybridized carbons (Fsp3) is 0.333. The van der Waals surface area contributed by atoms with Gasteiger partial charge >= 0.3 is 0 Å². The van der Waals surface area contributed by atoms with Gasteiger partial charge in [0.15, 0.2) is 0 Å². The maximum atomic E-state index is 3.59. The number of aryl methyl sites for hydroxylation is 2. The van der Waals surface area contributed by atoms with Gasteiger partial charge in [-0.1, -0.05) is 35.0 Å². The molecule has 0 aromatic heterocycles. The van der Waals surface area contributed by atoms with Crippen molar-refractivity contribution in [2.24, 2.45) is 0 Å². The Hall–Kier alpha value is -1.32. The van der Waals surface area contributed by atoms with E-state index in [0.717, 1.165) is 17.6 Å². The molecule has 0 heterocycles. The predicted octanol–water partition coefficient (Wildman–Crippen LogP) is 4.94. The van der Waals surface area contributed by atoms with Gasteiger partial charge in [0.25, 0.3) is 0 Å². The summed E-state index contributed by atoms with van der Waals surface area (Å²) in [5.41, 5.74) is 6.35. The van der Waals surface area contributed by atoms with E-state index in [1.54, 1.807) is 0 Å². The van der Waals surface area contributed by atoms with E-state index in [1.165, 1.54) is 28.1 Å². The molecule has 0 atom stereocenters. The fourth-order valence-electron chi connectivity index (χ4n) is 2.54. The normalized spacial score (nSPS) is 10.7. The van der Waals surface area contributed by atoms with E-state index in [4.69, 9.17) is 0 Å². The zero-order valence-corrected chi connectivity index (χ0v) is 14.8. The van der Waals surface area contributed by atoms with Crippen LogP contribution in [-0.4, -0.2) is 13.6 Å². The smallest absolute Gasteiger partial charge is 0.0465 e. The zero-order valence-electron chi connectivity index (χ0n) is 13.2. The third-order valence-electron chi connectivity index (χ3n) is 3.57. The van der Waals surface area contributed by atoms with Crippen LogP contribution in [0.15, 0.2) is 40.9 Å². The quantitative estimate of drug-likeness (QED) is 0.824. The van der Waals surface area contributed by atoms with Crippen molar-refractivity contribution in [3.05, 3.63) is 57.6 Å². The number of rotatable bonds is 5. The Kier molecular flexibility index (Phi) is 5.43. The van der Waals surface area contributed by atoms with Crippen LogP contribution in [0.4, 0.5) is 11.4 Å². The van der Waals surface area contributed by atoms with Gasteiger partial charge in [-0.2, -0.15) is 0 Å². The van der Waals surface area contributed by atoms with Gasteiger partial charge in [-0.3, -0.25) is 0 Å². The molecule has 0 fully saturated rings. The first-order valence-electron chi connectivity index (χ1n) is 7.32. The van der Waals surface area contributed by atoms with Crippen molar-refractivity contribution in [2.75, 3.05) is 18.5 Å². The van der Waals surface area contributed by atoms with E-state index in [-0.39, 0.29) is 0 Å². The topological polar surface area (TPSA) is 15.3 Å². The number of benzene rings is 2. The van der Waals surface area contributed by atoms with Crippen LogP contribution in [0.2, 0.25) is 0 Å². The average molecular weight is 347 g/mol. The van der Waals surface area contributed by atoms with Gasteiger partial charge in [-0.05, 0) is 61.3 Å². The highest BCUT2D eigenvalue weighted by atomic mass is 79.9. The van der Waals surface area contributed by atoms with Gasteiger partial charge in [-0.25, -0.2) is 0 Å². The van der Waals surface area contributed by atoms with Gasteiger partial charge in [0.05, 0.1) is 0 Å². The highest BCUT2D eigenvalue weighted by Crippen LogP contribution is 2.31. The molecular weight excluding hydrogens is 324 g/mol. The molecule has 0 bridgehead atoms. The molecule has 0 spiro atoms. The summed E-state index contributed by atoms with van der Waals surface area (Å²) in [7, 11) is 2.13. The Morgan fingerprint density at radius 3 is 2.33 bits per heavy atom. The molecule has 0 aliphatic rings. The Balaban J connectivity index is 2.41. The number of halogens is 1. The molecule has 2 aromatic rings. The molecule has 2 aromatic carbocycles. The highest BCUT2D eigenvalue weighted by molar-refractivity contribution is 9.10. The average Bonchev–Trinajstić information content (AvgIpc) is 2.44. The van der Waals surface area contributed by atoms with E-state index in [9.17, 15) is 0 Å². The van der Waals surface area contributed by atoms with Crippen molar-refractivity contribution >= 4 is 27.3 Å². The number of hydrogen-bond acceptors (Lipinski definition) is 2. The minimum absolute atomic E-state index is 0.883. The van der Waals surface area contributed by atoms with Crippen LogP contribution in [0, 0.1) is 13.8 Å². The molecule has 3 heteroatoms. The standard InChI is InChI=1S/C18H23BrN2/c1-5-20-12-15-6-7-16(19)11-18(15)21(4)17-9-13(2)8-14(3)10-17/h6-11,20H,5,12H2,1-4H3.